The van der Waals surface area contributed by atoms with Gasteiger partial charge in [-0.25, -0.2) is 0 Å². The molecule has 1 aliphatic rings. The highest BCUT2D eigenvalue weighted by atomic mass is 79.9. The van der Waals surface area contributed by atoms with E-state index < -0.39 is 0 Å². The van der Waals surface area contributed by atoms with Crippen molar-refractivity contribution in [2.24, 2.45) is 11.7 Å². The molecular weight excluding hydrogens is 302 g/mol. The molecule has 2 N–H and O–H groups in total. The highest BCUT2D eigenvalue weighted by Gasteiger charge is 2.19. The smallest absolute Gasteiger partial charge is 0.120 e. The summed E-state index contributed by atoms with van der Waals surface area (Å²) in [6.07, 6.45) is 6.20. The molecule has 0 saturated heterocycles. The molecule has 1 fully saturated rings. The van der Waals surface area contributed by atoms with Gasteiger partial charge in [-0.1, -0.05) is 22.9 Å². The van der Waals surface area contributed by atoms with E-state index in [-0.39, 0.29) is 6.04 Å². The van der Waals surface area contributed by atoms with E-state index in [1.165, 1.54) is 31.2 Å². The average Bonchev–Trinajstić information content (AvgIpc) is 2.36. The van der Waals surface area contributed by atoms with Crippen LogP contribution in [0.4, 0.5) is 0 Å². The molecule has 1 saturated carbocycles. The van der Waals surface area contributed by atoms with Crippen LogP contribution in [-0.4, -0.2) is 12.1 Å². The SMILES string of the molecule is CC(N)Cc1cc(OC2CCC(C)CC2)ccc1Br. The van der Waals surface area contributed by atoms with E-state index in [1.807, 2.05) is 13.0 Å². The number of halogens is 1. The van der Waals surface area contributed by atoms with Gasteiger partial charge in [0, 0.05) is 10.5 Å². The summed E-state index contributed by atoms with van der Waals surface area (Å²) in [6, 6.07) is 6.42. The number of hydrogen-bond donors (Lipinski definition) is 1. The Labute approximate surface area is 124 Å². The van der Waals surface area contributed by atoms with E-state index in [1.54, 1.807) is 0 Å². The van der Waals surface area contributed by atoms with Crippen molar-refractivity contribution in [3.63, 3.8) is 0 Å². The van der Waals surface area contributed by atoms with Crippen LogP contribution in [0.1, 0.15) is 45.1 Å². The van der Waals surface area contributed by atoms with Gasteiger partial charge in [-0.3, -0.25) is 0 Å². The number of nitrogens with two attached hydrogens (primary N) is 1. The Kier molecular flexibility index (Phi) is 5.28. The first-order valence-corrected chi connectivity index (χ1v) is 8.04. The number of hydrogen-bond acceptors (Lipinski definition) is 2. The Bertz CT molecular complexity index is 411. The van der Waals surface area contributed by atoms with E-state index in [2.05, 4.69) is 35.0 Å². The van der Waals surface area contributed by atoms with Crippen molar-refractivity contribution in [1.82, 2.24) is 0 Å². The van der Waals surface area contributed by atoms with Crippen molar-refractivity contribution in [2.75, 3.05) is 0 Å². The predicted molar refractivity (Wildman–Crippen MR) is 83.5 cm³/mol. The fourth-order valence-electron chi connectivity index (χ4n) is 2.67. The fraction of sp³-hybridized carbons (Fsp3) is 0.625. The quantitative estimate of drug-likeness (QED) is 0.895. The molecule has 2 nitrogen and oxygen atoms in total. The summed E-state index contributed by atoms with van der Waals surface area (Å²) >= 11 is 3.58. The van der Waals surface area contributed by atoms with E-state index in [4.69, 9.17) is 10.5 Å². The van der Waals surface area contributed by atoms with Gasteiger partial charge in [0.2, 0.25) is 0 Å². The first-order chi connectivity index (χ1) is 9.04. The molecule has 0 radical (unpaired) electrons. The third-order valence-corrected chi connectivity index (χ3v) is 4.60. The standard InChI is InChI=1S/C16H24BrNO/c1-11-3-5-14(6-4-11)19-15-7-8-16(17)13(10-15)9-12(2)18/h7-8,10-12,14H,3-6,9,18H2,1-2H3. The molecule has 1 aromatic carbocycles. The Hall–Kier alpha value is -0.540. The molecule has 0 heterocycles. The second kappa shape index (κ2) is 6.76. The molecule has 0 spiro atoms. The van der Waals surface area contributed by atoms with Crippen LogP contribution in [0.3, 0.4) is 0 Å². The van der Waals surface area contributed by atoms with E-state index in [0.29, 0.717) is 6.10 Å². The minimum Gasteiger partial charge on any atom is -0.490 e. The predicted octanol–water partition coefficient (Wildman–Crippen LogP) is 4.30. The van der Waals surface area contributed by atoms with Gasteiger partial charge in [0.05, 0.1) is 6.10 Å². The highest BCUT2D eigenvalue weighted by Crippen LogP contribution is 2.29. The number of benzene rings is 1. The lowest BCUT2D eigenvalue weighted by molar-refractivity contribution is 0.135. The molecule has 1 unspecified atom stereocenters. The normalized spacial score (nSPS) is 25.1. The average molecular weight is 326 g/mol. The highest BCUT2D eigenvalue weighted by molar-refractivity contribution is 9.10. The minimum absolute atomic E-state index is 0.169. The monoisotopic (exact) mass is 325 g/mol. The second-order valence-electron chi connectivity index (χ2n) is 5.93. The van der Waals surface area contributed by atoms with Crippen molar-refractivity contribution in [2.45, 2.75) is 58.1 Å². The third kappa shape index (κ3) is 4.50. The Morgan fingerprint density at radius 3 is 2.63 bits per heavy atom. The molecular formula is C16H24BrNO. The van der Waals surface area contributed by atoms with Crippen LogP contribution in [0.25, 0.3) is 0 Å². The van der Waals surface area contributed by atoms with Crippen molar-refractivity contribution >= 4 is 15.9 Å². The molecule has 0 amide bonds. The van der Waals surface area contributed by atoms with Gasteiger partial charge >= 0.3 is 0 Å². The third-order valence-electron chi connectivity index (χ3n) is 3.82. The molecule has 19 heavy (non-hydrogen) atoms. The van der Waals surface area contributed by atoms with Crippen LogP contribution < -0.4 is 10.5 Å². The van der Waals surface area contributed by atoms with Gasteiger partial charge < -0.3 is 10.5 Å². The van der Waals surface area contributed by atoms with Crippen LogP contribution in [0.15, 0.2) is 22.7 Å². The summed E-state index contributed by atoms with van der Waals surface area (Å²) in [7, 11) is 0. The van der Waals surface area contributed by atoms with Crippen LogP contribution in [-0.2, 0) is 6.42 Å². The van der Waals surface area contributed by atoms with Gasteiger partial charge in [0.15, 0.2) is 0 Å². The lowest BCUT2D eigenvalue weighted by atomic mass is 9.89. The molecule has 0 bridgehead atoms. The van der Waals surface area contributed by atoms with Crippen LogP contribution in [0, 0.1) is 5.92 Å². The maximum Gasteiger partial charge on any atom is 0.120 e. The summed E-state index contributed by atoms with van der Waals surface area (Å²) in [4.78, 5) is 0. The largest absolute Gasteiger partial charge is 0.490 e. The Balaban J connectivity index is 2.00. The molecule has 2 rings (SSSR count). The number of rotatable bonds is 4. The lowest BCUT2D eigenvalue weighted by Crippen LogP contribution is -2.23. The second-order valence-corrected chi connectivity index (χ2v) is 6.79. The van der Waals surface area contributed by atoms with Crippen molar-refractivity contribution in [3.05, 3.63) is 28.2 Å². The summed E-state index contributed by atoms with van der Waals surface area (Å²) in [6.45, 7) is 4.36. The van der Waals surface area contributed by atoms with Gasteiger partial charge in [0.25, 0.3) is 0 Å². The summed E-state index contributed by atoms with van der Waals surface area (Å²) in [5, 5.41) is 0. The summed E-state index contributed by atoms with van der Waals surface area (Å²) in [5.74, 6) is 1.84. The van der Waals surface area contributed by atoms with E-state index >= 15 is 0 Å². The van der Waals surface area contributed by atoms with Crippen molar-refractivity contribution in [3.8, 4) is 5.75 Å². The van der Waals surface area contributed by atoms with E-state index in [9.17, 15) is 0 Å². The van der Waals surface area contributed by atoms with Gasteiger partial charge in [-0.15, -0.1) is 0 Å². The Morgan fingerprint density at radius 1 is 1.32 bits per heavy atom. The molecule has 1 aliphatic carbocycles. The molecule has 3 heteroatoms. The van der Waals surface area contributed by atoms with Gasteiger partial charge in [-0.05, 0) is 68.7 Å². The fourth-order valence-corrected chi connectivity index (χ4v) is 3.08. The van der Waals surface area contributed by atoms with Crippen LogP contribution in [0.2, 0.25) is 0 Å². The maximum absolute atomic E-state index is 6.12. The van der Waals surface area contributed by atoms with Crippen molar-refractivity contribution < 1.29 is 4.74 Å². The zero-order valence-electron chi connectivity index (χ0n) is 11.9. The van der Waals surface area contributed by atoms with Crippen LogP contribution in [0.5, 0.6) is 5.75 Å². The summed E-state index contributed by atoms with van der Waals surface area (Å²) < 4.78 is 7.24. The molecule has 1 atom stereocenters. The molecule has 106 valence electrons. The van der Waals surface area contributed by atoms with Gasteiger partial charge in [-0.2, -0.15) is 0 Å². The lowest BCUT2D eigenvalue weighted by Gasteiger charge is -2.27. The van der Waals surface area contributed by atoms with Crippen molar-refractivity contribution in [1.29, 1.82) is 0 Å². The topological polar surface area (TPSA) is 35.2 Å². The molecule has 1 aromatic rings. The zero-order chi connectivity index (χ0) is 13.8. The van der Waals surface area contributed by atoms with E-state index in [0.717, 1.165) is 22.6 Å². The zero-order valence-corrected chi connectivity index (χ0v) is 13.4. The Morgan fingerprint density at radius 2 is 2.00 bits per heavy atom. The number of ether oxygens (including phenoxy) is 1. The summed E-state index contributed by atoms with van der Waals surface area (Å²) in [5.41, 5.74) is 7.11. The first-order valence-electron chi connectivity index (χ1n) is 7.25. The minimum atomic E-state index is 0.169. The van der Waals surface area contributed by atoms with Crippen LogP contribution >= 0.6 is 15.9 Å². The molecule has 0 aromatic heterocycles. The first kappa shape index (κ1) is 14.9. The molecule has 0 aliphatic heterocycles. The van der Waals surface area contributed by atoms with Gasteiger partial charge in [0.1, 0.15) is 5.75 Å². The maximum atomic E-state index is 6.12.